The summed E-state index contributed by atoms with van der Waals surface area (Å²) < 4.78 is 5.42. The average Bonchev–Trinajstić information content (AvgIpc) is 3.06. The number of hydrogen-bond acceptors (Lipinski definition) is 4. The van der Waals surface area contributed by atoms with Gasteiger partial charge in [0.25, 0.3) is 0 Å². The normalized spacial score (nSPS) is 22.0. The fraction of sp³-hybridized carbons (Fsp3) is 0.895. The highest BCUT2D eigenvalue weighted by Crippen LogP contribution is 2.19. The van der Waals surface area contributed by atoms with Crippen LogP contribution in [-0.2, 0) is 9.53 Å². The molecule has 2 aliphatic heterocycles. The van der Waals surface area contributed by atoms with Crippen LogP contribution in [0.25, 0.3) is 0 Å². The number of piperidine rings is 1. The molecule has 0 radical (unpaired) electrons. The van der Waals surface area contributed by atoms with Gasteiger partial charge in [-0.05, 0) is 78.9 Å². The quantitative estimate of drug-likeness (QED) is 0.746. The molecule has 2 saturated heterocycles. The number of nitrogens with zero attached hydrogens (tertiary/aromatic N) is 2. The monoisotopic (exact) mass is 353 g/mol. The molecule has 0 bridgehead atoms. The van der Waals surface area contributed by atoms with Gasteiger partial charge in [-0.25, -0.2) is 4.79 Å². The standard InChI is InChI=1S/C19H35N3O3/c1-19(2,3)25-18(24)22-14-8-9-16(15-22)17(23)20-10-4-5-11-21-12-6-7-13-21/h16H,4-15H2,1-3H3,(H,20,23). The van der Waals surface area contributed by atoms with Gasteiger partial charge in [-0.15, -0.1) is 0 Å². The van der Waals surface area contributed by atoms with Gasteiger partial charge in [0, 0.05) is 19.6 Å². The molecule has 6 heteroatoms. The van der Waals surface area contributed by atoms with Gasteiger partial charge in [-0.2, -0.15) is 0 Å². The zero-order valence-electron chi connectivity index (χ0n) is 16.2. The summed E-state index contributed by atoms with van der Waals surface area (Å²) in [6.45, 7) is 11.1. The Balaban J connectivity index is 1.64. The molecule has 0 aromatic heterocycles. The zero-order valence-corrected chi connectivity index (χ0v) is 16.2. The molecule has 0 aliphatic carbocycles. The Morgan fingerprint density at radius 3 is 2.48 bits per heavy atom. The lowest BCUT2D eigenvalue weighted by Gasteiger charge is -2.33. The van der Waals surface area contributed by atoms with E-state index in [1.54, 1.807) is 4.90 Å². The molecule has 0 aromatic rings. The second-order valence-electron chi connectivity index (χ2n) is 8.31. The second kappa shape index (κ2) is 9.41. The third kappa shape index (κ3) is 7.22. The van der Waals surface area contributed by atoms with Crippen molar-refractivity contribution in [3.8, 4) is 0 Å². The van der Waals surface area contributed by atoms with Crippen LogP contribution in [0.3, 0.4) is 0 Å². The van der Waals surface area contributed by atoms with Crippen molar-refractivity contribution < 1.29 is 14.3 Å². The first-order valence-electron chi connectivity index (χ1n) is 9.83. The largest absolute Gasteiger partial charge is 0.444 e. The maximum absolute atomic E-state index is 12.4. The number of nitrogens with one attached hydrogen (secondary N) is 1. The van der Waals surface area contributed by atoms with Crippen molar-refractivity contribution in [3.63, 3.8) is 0 Å². The Morgan fingerprint density at radius 1 is 1.08 bits per heavy atom. The molecular formula is C19H35N3O3. The molecular weight excluding hydrogens is 318 g/mol. The van der Waals surface area contributed by atoms with Crippen molar-refractivity contribution in [2.24, 2.45) is 5.92 Å². The van der Waals surface area contributed by atoms with E-state index in [1.165, 1.54) is 25.9 Å². The highest BCUT2D eigenvalue weighted by atomic mass is 16.6. The van der Waals surface area contributed by atoms with Crippen LogP contribution in [0.15, 0.2) is 0 Å². The lowest BCUT2D eigenvalue weighted by atomic mass is 9.97. The molecule has 6 nitrogen and oxygen atoms in total. The van der Waals surface area contributed by atoms with Gasteiger partial charge in [-0.1, -0.05) is 0 Å². The highest BCUT2D eigenvalue weighted by molar-refractivity contribution is 5.80. The Hall–Kier alpha value is -1.30. The molecule has 0 saturated carbocycles. The maximum Gasteiger partial charge on any atom is 0.410 e. The van der Waals surface area contributed by atoms with Crippen LogP contribution in [0.1, 0.15) is 59.3 Å². The summed E-state index contributed by atoms with van der Waals surface area (Å²) in [7, 11) is 0. The van der Waals surface area contributed by atoms with E-state index < -0.39 is 5.60 Å². The van der Waals surface area contributed by atoms with Crippen molar-refractivity contribution in [1.82, 2.24) is 15.1 Å². The van der Waals surface area contributed by atoms with Gasteiger partial charge in [0.15, 0.2) is 0 Å². The van der Waals surface area contributed by atoms with E-state index in [-0.39, 0.29) is 17.9 Å². The lowest BCUT2D eigenvalue weighted by Crippen LogP contribution is -2.47. The summed E-state index contributed by atoms with van der Waals surface area (Å²) in [6, 6.07) is 0. The number of amides is 2. The molecule has 2 heterocycles. The summed E-state index contributed by atoms with van der Waals surface area (Å²) in [5.74, 6) is -0.0331. The fourth-order valence-corrected chi connectivity index (χ4v) is 3.51. The molecule has 0 spiro atoms. The minimum atomic E-state index is -0.498. The molecule has 2 amide bonds. The van der Waals surface area contributed by atoms with Crippen LogP contribution in [0, 0.1) is 5.92 Å². The topological polar surface area (TPSA) is 61.9 Å². The van der Waals surface area contributed by atoms with Crippen LogP contribution in [0.2, 0.25) is 0 Å². The number of hydrogen-bond donors (Lipinski definition) is 1. The van der Waals surface area contributed by atoms with E-state index in [0.717, 1.165) is 38.8 Å². The number of ether oxygens (including phenoxy) is 1. The summed E-state index contributed by atoms with van der Waals surface area (Å²) in [5, 5.41) is 3.05. The van der Waals surface area contributed by atoms with Gasteiger partial charge >= 0.3 is 6.09 Å². The van der Waals surface area contributed by atoms with E-state index in [0.29, 0.717) is 13.1 Å². The third-order valence-corrected chi connectivity index (χ3v) is 4.84. The predicted molar refractivity (Wildman–Crippen MR) is 98.4 cm³/mol. The van der Waals surface area contributed by atoms with Crippen LogP contribution in [0.5, 0.6) is 0 Å². The predicted octanol–water partition coefficient (Wildman–Crippen LogP) is 2.63. The molecule has 0 aromatic carbocycles. The Bertz CT molecular complexity index is 442. The van der Waals surface area contributed by atoms with Crippen LogP contribution in [0.4, 0.5) is 4.79 Å². The SMILES string of the molecule is CC(C)(C)OC(=O)N1CCCC(C(=O)NCCCCN2CCCC2)C1. The molecule has 2 rings (SSSR count). The van der Waals surface area contributed by atoms with Gasteiger partial charge < -0.3 is 19.9 Å². The van der Waals surface area contributed by atoms with E-state index in [1.807, 2.05) is 20.8 Å². The Labute approximate surface area is 152 Å². The first kappa shape index (κ1) is 20.0. The third-order valence-electron chi connectivity index (χ3n) is 4.84. The summed E-state index contributed by atoms with van der Waals surface area (Å²) in [6.07, 6.45) is 6.19. The minimum absolute atomic E-state index is 0.0782. The van der Waals surface area contributed by atoms with Crippen molar-refractivity contribution >= 4 is 12.0 Å². The Kier molecular flexibility index (Phi) is 7.54. The van der Waals surface area contributed by atoms with Crippen LogP contribution >= 0.6 is 0 Å². The van der Waals surface area contributed by atoms with Gasteiger partial charge in [-0.3, -0.25) is 4.79 Å². The van der Waals surface area contributed by atoms with Crippen molar-refractivity contribution in [2.75, 3.05) is 39.3 Å². The van der Waals surface area contributed by atoms with Crippen molar-refractivity contribution in [3.05, 3.63) is 0 Å². The summed E-state index contributed by atoms with van der Waals surface area (Å²) >= 11 is 0. The summed E-state index contributed by atoms with van der Waals surface area (Å²) in [5.41, 5.74) is -0.498. The molecule has 25 heavy (non-hydrogen) atoms. The fourth-order valence-electron chi connectivity index (χ4n) is 3.51. The van der Waals surface area contributed by atoms with Crippen molar-refractivity contribution in [2.45, 2.75) is 64.9 Å². The molecule has 144 valence electrons. The number of rotatable bonds is 6. The summed E-state index contributed by atoms with van der Waals surface area (Å²) in [4.78, 5) is 28.7. The molecule has 2 aliphatic rings. The maximum atomic E-state index is 12.4. The molecule has 1 unspecified atom stereocenters. The van der Waals surface area contributed by atoms with Gasteiger partial charge in [0.05, 0.1) is 5.92 Å². The van der Waals surface area contributed by atoms with Crippen molar-refractivity contribution in [1.29, 1.82) is 0 Å². The van der Waals surface area contributed by atoms with E-state index in [9.17, 15) is 9.59 Å². The molecule has 1 N–H and O–H groups in total. The molecule has 1 atom stereocenters. The second-order valence-corrected chi connectivity index (χ2v) is 8.31. The average molecular weight is 354 g/mol. The Morgan fingerprint density at radius 2 is 1.80 bits per heavy atom. The van der Waals surface area contributed by atoms with E-state index in [4.69, 9.17) is 4.74 Å². The van der Waals surface area contributed by atoms with E-state index in [2.05, 4.69) is 10.2 Å². The highest BCUT2D eigenvalue weighted by Gasteiger charge is 2.30. The number of carbonyl (C=O) groups excluding carboxylic acids is 2. The smallest absolute Gasteiger partial charge is 0.410 e. The first-order valence-corrected chi connectivity index (χ1v) is 9.83. The van der Waals surface area contributed by atoms with Gasteiger partial charge in [0.2, 0.25) is 5.91 Å². The lowest BCUT2D eigenvalue weighted by molar-refractivity contribution is -0.126. The van der Waals surface area contributed by atoms with Crippen LogP contribution in [-0.4, -0.2) is 66.7 Å². The number of likely N-dealkylation sites (tertiary alicyclic amines) is 2. The van der Waals surface area contributed by atoms with Crippen LogP contribution < -0.4 is 5.32 Å². The van der Waals surface area contributed by atoms with Gasteiger partial charge in [0.1, 0.15) is 5.60 Å². The zero-order chi connectivity index (χ0) is 18.3. The minimum Gasteiger partial charge on any atom is -0.444 e. The number of unbranched alkanes of at least 4 members (excludes halogenated alkanes) is 1. The van der Waals surface area contributed by atoms with E-state index >= 15 is 0 Å². The molecule has 2 fully saturated rings. The first-order chi connectivity index (χ1) is 11.8. The number of carbonyl (C=O) groups is 2.